The van der Waals surface area contributed by atoms with Crippen LogP contribution in [0.1, 0.15) is 29.3 Å². The number of nitrogens with zero attached hydrogens (tertiary/aromatic N) is 1. The Bertz CT molecular complexity index is 209. The summed E-state index contributed by atoms with van der Waals surface area (Å²) in [5.74, 6) is 0. The highest BCUT2D eigenvalue weighted by molar-refractivity contribution is 7.11. The maximum atomic E-state index is 9.31. The van der Waals surface area contributed by atoms with Crippen LogP contribution >= 0.6 is 11.3 Å². The van der Waals surface area contributed by atoms with E-state index in [9.17, 15) is 5.11 Å². The lowest BCUT2D eigenvalue weighted by molar-refractivity contribution is 0.177. The molecule has 1 atom stereocenters. The standard InChI is InChI=1S/C7H11NOS/c1-3-6(9)7-4-8-5(2)10-7/h4,6,9H,3H2,1-2H3. The van der Waals surface area contributed by atoms with Crippen molar-refractivity contribution in [3.63, 3.8) is 0 Å². The lowest BCUT2D eigenvalue weighted by Crippen LogP contribution is -1.89. The fraction of sp³-hybridized carbons (Fsp3) is 0.571. The third-order valence-corrected chi connectivity index (χ3v) is 2.37. The molecule has 0 aromatic carbocycles. The van der Waals surface area contributed by atoms with Crippen LogP contribution < -0.4 is 0 Å². The van der Waals surface area contributed by atoms with Gasteiger partial charge >= 0.3 is 0 Å². The largest absolute Gasteiger partial charge is 0.388 e. The molecule has 1 aromatic rings. The fourth-order valence-electron chi connectivity index (χ4n) is 0.733. The lowest BCUT2D eigenvalue weighted by atomic mass is 10.2. The Morgan fingerprint density at radius 1 is 1.80 bits per heavy atom. The Morgan fingerprint density at radius 3 is 2.90 bits per heavy atom. The Hall–Kier alpha value is -0.410. The molecule has 0 aliphatic heterocycles. The van der Waals surface area contributed by atoms with Gasteiger partial charge in [-0.1, -0.05) is 6.92 Å². The minimum absolute atomic E-state index is 0.314. The summed E-state index contributed by atoms with van der Waals surface area (Å²) in [7, 11) is 0. The zero-order valence-corrected chi connectivity index (χ0v) is 6.98. The fourth-order valence-corrected chi connectivity index (χ4v) is 1.59. The van der Waals surface area contributed by atoms with Gasteiger partial charge in [-0.25, -0.2) is 4.98 Å². The number of thiazole rings is 1. The molecule has 0 radical (unpaired) electrons. The van der Waals surface area contributed by atoms with Gasteiger partial charge < -0.3 is 5.11 Å². The summed E-state index contributed by atoms with van der Waals surface area (Å²) in [6.07, 6.45) is 2.20. The molecule has 10 heavy (non-hydrogen) atoms. The molecule has 0 spiro atoms. The molecule has 0 saturated carbocycles. The summed E-state index contributed by atoms with van der Waals surface area (Å²) in [6, 6.07) is 0. The van der Waals surface area contributed by atoms with Gasteiger partial charge in [-0.05, 0) is 13.3 Å². The van der Waals surface area contributed by atoms with Crippen LogP contribution in [0.3, 0.4) is 0 Å². The predicted molar refractivity (Wildman–Crippen MR) is 42.1 cm³/mol. The Labute approximate surface area is 64.5 Å². The molecule has 0 fully saturated rings. The Balaban J connectivity index is 2.74. The minimum Gasteiger partial charge on any atom is -0.388 e. The zero-order valence-electron chi connectivity index (χ0n) is 6.16. The van der Waals surface area contributed by atoms with Gasteiger partial charge in [0.2, 0.25) is 0 Å². The molecule has 0 saturated heterocycles. The van der Waals surface area contributed by atoms with Crippen molar-refractivity contribution in [2.75, 3.05) is 0 Å². The molecule has 0 bridgehead atoms. The van der Waals surface area contributed by atoms with Gasteiger partial charge in [-0.2, -0.15) is 0 Å². The quantitative estimate of drug-likeness (QED) is 0.711. The van der Waals surface area contributed by atoms with Crippen molar-refractivity contribution in [1.82, 2.24) is 4.98 Å². The second-order valence-electron chi connectivity index (χ2n) is 2.21. The van der Waals surface area contributed by atoms with Crippen molar-refractivity contribution >= 4 is 11.3 Å². The maximum absolute atomic E-state index is 9.31. The normalized spacial score (nSPS) is 13.5. The van der Waals surface area contributed by atoms with Crippen LogP contribution in [0, 0.1) is 6.92 Å². The summed E-state index contributed by atoms with van der Waals surface area (Å²) < 4.78 is 0. The number of aryl methyl sites for hydroxylation is 1. The van der Waals surface area contributed by atoms with Gasteiger partial charge in [-0.3, -0.25) is 0 Å². The molecule has 1 N–H and O–H groups in total. The summed E-state index contributed by atoms with van der Waals surface area (Å²) >= 11 is 1.56. The van der Waals surface area contributed by atoms with E-state index in [1.807, 2.05) is 13.8 Å². The van der Waals surface area contributed by atoms with Crippen LogP contribution in [0.15, 0.2) is 6.20 Å². The van der Waals surface area contributed by atoms with Gasteiger partial charge in [0.15, 0.2) is 0 Å². The molecule has 1 rings (SSSR count). The van der Waals surface area contributed by atoms with E-state index in [0.29, 0.717) is 0 Å². The summed E-state index contributed by atoms with van der Waals surface area (Å²) in [5, 5.41) is 10.3. The molecular weight excluding hydrogens is 146 g/mol. The molecular formula is C7H11NOS. The van der Waals surface area contributed by atoms with Crippen LogP contribution in [0.4, 0.5) is 0 Å². The first-order valence-corrected chi connectivity index (χ1v) is 4.16. The highest BCUT2D eigenvalue weighted by Gasteiger charge is 2.06. The van der Waals surface area contributed by atoms with Crippen LogP contribution in [-0.2, 0) is 0 Å². The third kappa shape index (κ3) is 1.55. The van der Waals surface area contributed by atoms with E-state index in [2.05, 4.69) is 4.98 Å². The van der Waals surface area contributed by atoms with E-state index in [1.165, 1.54) is 0 Å². The predicted octanol–water partition coefficient (Wildman–Crippen LogP) is 1.89. The monoisotopic (exact) mass is 157 g/mol. The maximum Gasteiger partial charge on any atom is 0.0897 e. The van der Waals surface area contributed by atoms with Crippen LogP contribution in [0.2, 0.25) is 0 Å². The number of aliphatic hydroxyl groups excluding tert-OH is 1. The molecule has 0 aliphatic carbocycles. The van der Waals surface area contributed by atoms with E-state index in [0.717, 1.165) is 16.3 Å². The molecule has 56 valence electrons. The van der Waals surface area contributed by atoms with E-state index in [-0.39, 0.29) is 6.10 Å². The Morgan fingerprint density at radius 2 is 2.50 bits per heavy atom. The second kappa shape index (κ2) is 3.12. The van der Waals surface area contributed by atoms with Gasteiger partial charge in [0.05, 0.1) is 16.0 Å². The first-order chi connectivity index (χ1) is 4.74. The van der Waals surface area contributed by atoms with Crippen molar-refractivity contribution in [2.24, 2.45) is 0 Å². The van der Waals surface area contributed by atoms with E-state index in [4.69, 9.17) is 0 Å². The number of hydrogen-bond donors (Lipinski definition) is 1. The second-order valence-corrected chi connectivity index (χ2v) is 3.47. The molecule has 0 amide bonds. The summed E-state index contributed by atoms with van der Waals surface area (Å²) in [6.45, 7) is 3.90. The van der Waals surface area contributed by atoms with E-state index < -0.39 is 0 Å². The minimum atomic E-state index is -0.314. The van der Waals surface area contributed by atoms with Gasteiger partial charge in [0, 0.05) is 6.20 Å². The van der Waals surface area contributed by atoms with E-state index in [1.54, 1.807) is 17.5 Å². The average molecular weight is 157 g/mol. The highest BCUT2D eigenvalue weighted by atomic mass is 32.1. The molecule has 1 heterocycles. The molecule has 3 heteroatoms. The van der Waals surface area contributed by atoms with Gasteiger partial charge in [0.1, 0.15) is 0 Å². The summed E-state index contributed by atoms with van der Waals surface area (Å²) in [4.78, 5) is 5.02. The van der Waals surface area contributed by atoms with Gasteiger partial charge in [0.25, 0.3) is 0 Å². The van der Waals surface area contributed by atoms with Crippen molar-refractivity contribution in [3.05, 3.63) is 16.1 Å². The van der Waals surface area contributed by atoms with Crippen molar-refractivity contribution in [3.8, 4) is 0 Å². The smallest absolute Gasteiger partial charge is 0.0897 e. The SMILES string of the molecule is CCC(O)c1cnc(C)s1. The lowest BCUT2D eigenvalue weighted by Gasteiger charge is -2.00. The first-order valence-electron chi connectivity index (χ1n) is 3.34. The molecule has 1 unspecified atom stereocenters. The molecule has 2 nitrogen and oxygen atoms in total. The van der Waals surface area contributed by atoms with Crippen LogP contribution in [0.5, 0.6) is 0 Å². The molecule has 1 aromatic heterocycles. The highest BCUT2D eigenvalue weighted by Crippen LogP contribution is 2.21. The molecule has 0 aliphatic rings. The topological polar surface area (TPSA) is 33.1 Å². The average Bonchev–Trinajstić information content (AvgIpc) is 2.34. The Kier molecular flexibility index (Phi) is 2.40. The third-order valence-electron chi connectivity index (χ3n) is 1.35. The van der Waals surface area contributed by atoms with Crippen molar-refractivity contribution in [2.45, 2.75) is 26.4 Å². The summed E-state index contributed by atoms with van der Waals surface area (Å²) in [5.41, 5.74) is 0. The number of rotatable bonds is 2. The van der Waals surface area contributed by atoms with Crippen LogP contribution in [-0.4, -0.2) is 10.1 Å². The number of aromatic nitrogens is 1. The van der Waals surface area contributed by atoms with Crippen LogP contribution in [0.25, 0.3) is 0 Å². The van der Waals surface area contributed by atoms with E-state index >= 15 is 0 Å². The number of hydrogen-bond acceptors (Lipinski definition) is 3. The number of aliphatic hydroxyl groups is 1. The zero-order chi connectivity index (χ0) is 7.56. The van der Waals surface area contributed by atoms with Crippen molar-refractivity contribution < 1.29 is 5.11 Å². The van der Waals surface area contributed by atoms with Gasteiger partial charge in [-0.15, -0.1) is 11.3 Å². The van der Waals surface area contributed by atoms with Crippen molar-refractivity contribution in [1.29, 1.82) is 0 Å². The first kappa shape index (κ1) is 7.69.